The molecule has 0 spiro atoms. The van der Waals surface area contributed by atoms with Crippen molar-refractivity contribution in [2.75, 3.05) is 13.6 Å². The van der Waals surface area contributed by atoms with Crippen molar-refractivity contribution in [3.8, 4) is 0 Å². The molecule has 0 unspecified atom stereocenters. The fourth-order valence-electron chi connectivity index (χ4n) is 1.34. The third kappa shape index (κ3) is 2.82. The minimum absolute atomic E-state index is 0.00269. The van der Waals surface area contributed by atoms with Gasteiger partial charge in [-0.15, -0.1) is 0 Å². The van der Waals surface area contributed by atoms with Crippen LogP contribution in [0.25, 0.3) is 0 Å². The second kappa shape index (κ2) is 5.30. The third-order valence-electron chi connectivity index (χ3n) is 2.54. The van der Waals surface area contributed by atoms with E-state index in [1.807, 2.05) is 26.0 Å². The van der Waals surface area contributed by atoms with Gasteiger partial charge in [0.2, 0.25) is 5.91 Å². The molecule has 0 saturated heterocycles. The number of hydrogen-bond acceptors (Lipinski definition) is 2. The Kier molecular flexibility index (Phi) is 4.05. The Morgan fingerprint density at radius 1 is 1.25 bits per heavy atom. The number of benzene rings is 1. The minimum atomic E-state index is -0.218. The van der Waals surface area contributed by atoms with E-state index < -0.39 is 0 Å². The van der Waals surface area contributed by atoms with Crippen molar-refractivity contribution in [2.45, 2.75) is 13.8 Å². The molecule has 0 aromatic heterocycles. The Morgan fingerprint density at radius 2 is 1.94 bits per heavy atom. The summed E-state index contributed by atoms with van der Waals surface area (Å²) in [5.41, 5.74) is 2.62. The predicted octanol–water partition coefficient (Wildman–Crippen LogP) is 0.779. The molecule has 0 aliphatic heterocycles. The van der Waals surface area contributed by atoms with Gasteiger partial charge in [0.15, 0.2) is 0 Å². The number of amides is 2. The van der Waals surface area contributed by atoms with Crippen molar-refractivity contribution in [3.63, 3.8) is 0 Å². The fraction of sp³-hybridized carbons (Fsp3) is 0.333. The lowest BCUT2D eigenvalue weighted by Gasteiger charge is -2.08. The molecule has 4 heteroatoms. The number of carbonyl (C=O) groups is 2. The van der Waals surface area contributed by atoms with Gasteiger partial charge in [-0.25, -0.2) is 0 Å². The molecule has 1 aromatic carbocycles. The Labute approximate surface area is 95.0 Å². The van der Waals surface area contributed by atoms with Crippen LogP contribution < -0.4 is 10.6 Å². The first kappa shape index (κ1) is 12.2. The maximum Gasteiger partial charge on any atom is 0.251 e. The van der Waals surface area contributed by atoms with Crippen LogP contribution in [0.5, 0.6) is 0 Å². The van der Waals surface area contributed by atoms with Crippen molar-refractivity contribution in [2.24, 2.45) is 0 Å². The molecule has 0 atom stereocenters. The predicted molar refractivity (Wildman–Crippen MR) is 62.3 cm³/mol. The molecule has 0 aliphatic carbocycles. The molecule has 0 aliphatic rings. The Hall–Kier alpha value is -1.84. The van der Waals surface area contributed by atoms with Crippen LogP contribution in [0.1, 0.15) is 21.5 Å². The van der Waals surface area contributed by atoms with E-state index in [-0.39, 0.29) is 18.4 Å². The van der Waals surface area contributed by atoms with Gasteiger partial charge in [0.25, 0.3) is 5.91 Å². The second-order valence-electron chi connectivity index (χ2n) is 3.60. The van der Waals surface area contributed by atoms with Crippen molar-refractivity contribution in [1.82, 2.24) is 10.6 Å². The number of nitrogens with one attached hydrogen (secondary N) is 2. The van der Waals surface area contributed by atoms with Crippen LogP contribution in [0, 0.1) is 13.8 Å². The Morgan fingerprint density at radius 3 is 2.56 bits per heavy atom. The van der Waals surface area contributed by atoms with Crippen molar-refractivity contribution in [1.29, 1.82) is 0 Å². The smallest absolute Gasteiger partial charge is 0.251 e. The zero-order chi connectivity index (χ0) is 12.1. The first-order valence-electron chi connectivity index (χ1n) is 5.11. The number of carbonyl (C=O) groups excluding carboxylic acids is 2. The van der Waals surface area contributed by atoms with Crippen LogP contribution in [0.15, 0.2) is 18.2 Å². The van der Waals surface area contributed by atoms with Gasteiger partial charge in [0.1, 0.15) is 0 Å². The quantitative estimate of drug-likeness (QED) is 0.790. The summed E-state index contributed by atoms with van der Waals surface area (Å²) in [5.74, 6) is -0.427. The monoisotopic (exact) mass is 220 g/mol. The van der Waals surface area contributed by atoms with Gasteiger partial charge in [0, 0.05) is 12.6 Å². The van der Waals surface area contributed by atoms with Crippen molar-refractivity contribution in [3.05, 3.63) is 34.9 Å². The molecule has 4 nitrogen and oxygen atoms in total. The molecule has 0 fully saturated rings. The van der Waals surface area contributed by atoms with E-state index >= 15 is 0 Å². The number of hydrogen-bond donors (Lipinski definition) is 2. The van der Waals surface area contributed by atoms with E-state index in [9.17, 15) is 9.59 Å². The van der Waals surface area contributed by atoms with Crippen LogP contribution in [-0.4, -0.2) is 25.4 Å². The summed E-state index contributed by atoms with van der Waals surface area (Å²) >= 11 is 0. The lowest BCUT2D eigenvalue weighted by Crippen LogP contribution is -2.35. The van der Waals surface area contributed by atoms with Crippen LogP contribution in [0.3, 0.4) is 0 Å². The molecular formula is C12H16N2O2. The summed E-state index contributed by atoms with van der Waals surface area (Å²) in [6.07, 6.45) is 0. The van der Waals surface area contributed by atoms with Gasteiger partial charge in [-0.3, -0.25) is 9.59 Å². The summed E-state index contributed by atoms with van der Waals surface area (Å²) in [6.45, 7) is 3.84. The van der Waals surface area contributed by atoms with Crippen LogP contribution in [-0.2, 0) is 4.79 Å². The molecule has 2 amide bonds. The largest absolute Gasteiger partial charge is 0.358 e. The highest BCUT2D eigenvalue weighted by molar-refractivity contribution is 5.97. The van der Waals surface area contributed by atoms with Gasteiger partial charge in [0.05, 0.1) is 6.54 Å². The molecule has 0 saturated carbocycles. The number of likely N-dealkylation sites (N-methyl/N-ethyl adjacent to an activating group) is 1. The molecule has 0 radical (unpaired) electrons. The first-order chi connectivity index (χ1) is 7.56. The summed E-state index contributed by atoms with van der Waals surface area (Å²) < 4.78 is 0. The fourth-order valence-corrected chi connectivity index (χ4v) is 1.34. The number of aryl methyl sites for hydroxylation is 1. The van der Waals surface area contributed by atoms with E-state index in [2.05, 4.69) is 10.6 Å². The highest BCUT2D eigenvalue weighted by Gasteiger charge is 2.10. The summed E-state index contributed by atoms with van der Waals surface area (Å²) in [6, 6.07) is 5.53. The maximum atomic E-state index is 11.7. The highest BCUT2D eigenvalue weighted by atomic mass is 16.2. The summed E-state index contributed by atoms with van der Waals surface area (Å²) in [5, 5.41) is 5.01. The standard InChI is InChI=1S/C12H16N2O2/c1-8-5-4-6-10(9(8)2)12(16)14-7-11(15)13-3/h4-6H,7H2,1-3H3,(H,13,15)(H,14,16). The summed E-state index contributed by atoms with van der Waals surface area (Å²) in [7, 11) is 1.53. The first-order valence-corrected chi connectivity index (χ1v) is 5.11. The lowest BCUT2D eigenvalue weighted by molar-refractivity contribution is -0.119. The zero-order valence-electron chi connectivity index (χ0n) is 9.76. The average Bonchev–Trinajstić information content (AvgIpc) is 2.29. The SMILES string of the molecule is CNC(=O)CNC(=O)c1cccc(C)c1C. The molecule has 16 heavy (non-hydrogen) atoms. The maximum absolute atomic E-state index is 11.7. The topological polar surface area (TPSA) is 58.2 Å². The normalized spacial score (nSPS) is 9.69. The second-order valence-corrected chi connectivity index (χ2v) is 3.60. The van der Waals surface area contributed by atoms with E-state index in [1.54, 1.807) is 6.07 Å². The Bertz CT molecular complexity index is 413. The molecule has 1 rings (SSSR count). The van der Waals surface area contributed by atoms with E-state index in [0.29, 0.717) is 5.56 Å². The summed E-state index contributed by atoms with van der Waals surface area (Å²) in [4.78, 5) is 22.7. The molecule has 1 aromatic rings. The van der Waals surface area contributed by atoms with Gasteiger partial charge in [-0.05, 0) is 31.0 Å². The molecule has 86 valence electrons. The van der Waals surface area contributed by atoms with Crippen molar-refractivity contribution >= 4 is 11.8 Å². The van der Waals surface area contributed by atoms with Crippen LogP contribution in [0.2, 0.25) is 0 Å². The van der Waals surface area contributed by atoms with Gasteiger partial charge >= 0.3 is 0 Å². The van der Waals surface area contributed by atoms with E-state index in [1.165, 1.54) is 7.05 Å². The number of rotatable bonds is 3. The van der Waals surface area contributed by atoms with E-state index in [4.69, 9.17) is 0 Å². The average molecular weight is 220 g/mol. The lowest BCUT2D eigenvalue weighted by atomic mass is 10.0. The Balaban J connectivity index is 2.74. The molecule has 0 heterocycles. The van der Waals surface area contributed by atoms with E-state index in [0.717, 1.165) is 11.1 Å². The third-order valence-corrected chi connectivity index (χ3v) is 2.54. The van der Waals surface area contributed by atoms with Crippen LogP contribution >= 0.6 is 0 Å². The highest BCUT2D eigenvalue weighted by Crippen LogP contribution is 2.12. The molecular weight excluding hydrogens is 204 g/mol. The van der Waals surface area contributed by atoms with Crippen molar-refractivity contribution < 1.29 is 9.59 Å². The van der Waals surface area contributed by atoms with Gasteiger partial charge in [-0.2, -0.15) is 0 Å². The van der Waals surface area contributed by atoms with Gasteiger partial charge in [-0.1, -0.05) is 12.1 Å². The molecule has 2 N–H and O–H groups in total. The van der Waals surface area contributed by atoms with Crippen LogP contribution in [0.4, 0.5) is 0 Å². The minimum Gasteiger partial charge on any atom is -0.358 e. The molecule has 0 bridgehead atoms. The zero-order valence-corrected chi connectivity index (χ0v) is 9.76. The van der Waals surface area contributed by atoms with Gasteiger partial charge < -0.3 is 10.6 Å².